The van der Waals surface area contributed by atoms with Gasteiger partial charge in [0, 0.05) is 12.5 Å². The molecule has 1 aromatic heterocycles. The number of rotatable bonds is 3. The molecule has 31 heavy (non-hydrogen) atoms. The third-order valence-electron chi connectivity index (χ3n) is 4.44. The number of aromatic nitrogens is 1. The van der Waals surface area contributed by atoms with E-state index in [0.717, 1.165) is 16.7 Å². The van der Waals surface area contributed by atoms with Crippen LogP contribution < -0.4 is 10.6 Å². The molecule has 12 heteroatoms. The topological polar surface area (TPSA) is 118 Å². The van der Waals surface area contributed by atoms with Crippen LogP contribution in [0.3, 0.4) is 0 Å². The van der Waals surface area contributed by atoms with Gasteiger partial charge in [0.2, 0.25) is 0 Å². The monoisotopic (exact) mass is 494 g/mol. The fourth-order valence-electron chi connectivity index (χ4n) is 2.95. The maximum absolute atomic E-state index is 12.6. The smallest absolute Gasteiger partial charge is 0.287 e. The van der Waals surface area contributed by atoms with E-state index in [1.807, 2.05) is 0 Å². The van der Waals surface area contributed by atoms with Gasteiger partial charge in [0.05, 0.1) is 37.2 Å². The second kappa shape index (κ2) is 8.58. The highest BCUT2D eigenvalue weighted by Crippen LogP contribution is 2.33. The Bertz CT molecular complexity index is 1250. The fraction of sp³-hybridized carbons (Fsp3) is 0.158. The van der Waals surface area contributed by atoms with Crippen LogP contribution in [0.15, 0.2) is 58.0 Å². The average Bonchev–Trinajstić information content (AvgIpc) is 3.36. The summed E-state index contributed by atoms with van der Waals surface area (Å²) in [5.41, 5.74) is 2.59. The molecule has 0 radical (unpaired) electrons. The van der Waals surface area contributed by atoms with Crippen LogP contribution >= 0.6 is 34.7 Å². The molecular formula is C19H15ClN4O4S3. The van der Waals surface area contributed by atoms with Crippen LogP contribution in [0, 0.1) is 0 Å². The van der Waals surface area contributed by atoms with Gasteiger partial charge in [-0.25, -0.2) is 13.2 Å². The molecule has 2 aliphatic rings. The van der Waals surface area contributed by atoms with Gasteiger partial charge in [-0.2, -0.15) is 0 Å². The van der Waals surface area contributed by atoms with Crippen molar-refractivity contribution in [1.82, 2.24) is 15.6 Å². The van der Waals surface area contributed by atoms with Gasteiger partial charge in [0.1, 0.15) is 0 Å². The molecule has 2 heterocycles. The number of urea groups is 1. The van der Waals surface area contributed by atoms with Crippen molar-refractivity contribution in [1.29, 1.82) is 0 Å². The van der Waals surface area contributed by atoms with E-state index in [2.05, 4.69) is 20.6 Å². The number of fused-ring (bicyclic) bond motifs is 1. The minimum absolute atomic E-state index is 0.154. The number of nitrogens with one attached hydrogen (secondary N) is 2. The average molecular weight is 495 g/mol. The van der Waals surface area contributed by atoms with Crippen LogP contribution in [0.2, 0.25) is 5.02 Å². The molecule has 8 nitrogen and oxygen atoms in total. The number of hydrogen-bond donors (Lipinski definition) is 2. The number of halogens is 1. The van der Waals surface area contributed by atoms with E-state index in [0.29, 0.717) is 5.17 Å². The lowest BCUT2D eigenvalue weighted by Gasteiger charge is -2.15. The van der Waals surface area contributed by atoms with Gasteiger partial charge < -0.3 is 0 Å². The highest BCUT2D eigenvalue weighted by Gasteiger charge is 2.32. The largest absolute Gasteiger partial charge is 0.327 e. The first-order valence-corrected chi connectivity index (χ1v) is 12.9. The number of sulfone groups is 1. The van der Waals surface area contributed by atoms with Gasteiger partial charge in [-0.1, -0.05) is 35.5 Å². The van der Waals surface area contributed by atoms with E-state index < -0.39 is 21.8 Å². The molecular weight excluding hydrogens is 480 g/mol. The Balaban J connectivity index is 1.41. The molecule has 0 bridgehead atoms. The number of hydrogen-bond acceptors (Lipinski definition) is 8. The summed E-state index contributed by atoms with van der Waals surface area (Å²) < 4.78 is 23.4. The first-order valence-electron chi connectivity index (χ1n) is 8.86. The Kier molecular flexibility index (Phi) is 6.02. The van der Waals surface area contributed by atoms with Crippen molar-refractivity contribution >= 4 is 61.6 Å². The third-order valence-corrected chi connectivity index (χ3v) is 7.84. The minimum atomic E-state index is -3.33. The normalized spacial score (nSPS) is 19.9. The summed E-state index contributed by atoms with van der Waals surface area (Å²) in [6.07, 6.45) is 7.60. The Morgan fingerprint density at radius 2 is 2.06 bits per heavy atom. The van der Waals surface area contributed by atoms with E-state index in [-0.39, 0.29) is 26.8 Å². The SMILES string of the molecule is CS(=O)(=O)C1=CC2SC(NC(=O)NC(=O)c3cc(-c4cncs4)ccc3Cl)=NC2C=C1. The highest BCUT2D eigenvalue weighted by atomic mass is 35.5. The van der Waals surface area contributed by atoms with Crippen molar-refractivity contribution in [3.63, 3.8) is 0 Å². The van der Waals surface area contributed by atoms with Crippen molar-refractivity contribution in [2.75, 3.05) is 6.26 Å². The van der Waals surface area contributed by atoms with Crippen LogP contribution in [0.5, 0.6) is 0 Å². The molecule has 0 fully saturated rings. The van der Waals surface area contributed by atoms with Crippen molar-refractivity contribution < 1.29 is 18.0 Å². The zero-order valence-corrected chi connectivity index (χ0v) is 19.1. The standard InChI is InChI=1S/C19H15ClN4O4S3/c1-31(27,28)11-3-5-14-15(7-11)30-19(22-14)24-18(26)23-17(25)12-6-10(2-4-13(12)20)16-8-21-9-29-16/h2-9,14-15H,1H3,(H2,22,23,24,25,26). The molecule has 3 amide bonds. The maximum Gasteiger partial charge on any atom is 0.327 e. The number of amidine groups is 1. The van der Waals surface area contributed by atoms with Gasteiger partial charge in [-0.3, -0.25) is 25.4 Å². The summed E-state index contributed by atoms with van der Waals surface area (Å²) in [6.45, 7) is 0. The van der Waals surface area contributed by atoms with E-state index in [1.54, 1.807) is 42.1 Å². The summed E-state index contributed by atoms with van der Waals surface area (Å²) in [6, 6.07) is 3.90. The fourth-order valence-corrected chi connectivity index (χ4v) is 5.68. The molecule has 2 unspecified atom stereocenters. The van der Waals surface area contributed by atoms with Crippen molar-refractivity contribution in [2.45, 2.75) is 11.3 Å². The Morgan fingerprint density at radius 1 is 1.26 bits per heavy atom. The predicted octanol–water partition coefficient (Wildman–Crippen LogP) is 3.24. The summed E-state index contributed by atoms with van der Waals surface area (Å²) in [7, 11) is -3.33. The zero-order chi connectivity index (χ0) is 22.2. The third kappa shape index (κ3) is 4.90. The van der Waals surface area contributed by atoms with E-state index in [9.17, 15) is 18.0 Å². The molecule has 2 aromatic rings. The molecule has 1 aromatic carbocycles. The van der Waals surface area contributed by atoms with Gasteiger partial charge in [-0.05, 0) is 29.8 Å². The van der Waals surface area contributed by atoms with Crippen LogP contribution in [-0.4, -0.2) is 48.1 Å². The van der Waals surface area contributed by atoms with Crippen molar-refractivity contribution in [3.8, 4) is 10.4 Å². The molecule has 0 spiro atoms. The molecule has 2 N–H and O–H groups in total. The van der Waals surface area contributed by atoms with Crippen molar-refractivity contribution in [3.05, 3.63) is 63.6 Å². The summed E-state index contributed by atoms with van der Waals surface area (Å²) in [5.74, 6) is -0.658. The number of imide groups is 1. The van der Waals surface area contributed by atoms with Crippen LogP contribution in [0.1, 0.15) is 10.4 Å². The van der Waals surface area contributed by atoms with E-state index in [1.165, 1.54) is 29.2 Å². The van der Waals surface area contributed by atoms with Crippen LogP contribution in [0.25, 0.3) is 10.4 Å². The number of allylic oxidation sites excluding steroid dienone is 1. The number of carbonyl (C=O) groups excluding carboxylic acids is 2. The van der Waals surface area contributed by atoms with E-state index >= 15 is 0 Å². The second-order valence-electron chi connectivity index (χ2n) is 6.68. The first kappa shape index (κ1) is 21.8. The second-order valence-corrected chi connectivity index (χ2v) is 11.2. The number of nitrogens with zero attached hydrogens (tertiary/aromatic N) is 2. The molecule has 160 valence electrons. The van der Waals surface area contributed by atoms with Gasteiger partial charge >= 0.3 is 6.03 Å². The predicted molar refractivity (Wildman–Crippen MR) is 123 cm³/mol. The Hall–Kier alpha value is -2.47. The van der Waals surface area contributed by atoms with Crippen LogP contribution in [-0.2, 0) is 9.84 Å². The summed E-state index contributed by atoms with van der Waals surface area (Å²) in [5, 5.41) is 5.03. The molecule has 2 atom stereocenters. The zero-order valence-electron chi connectivity index (χ0n) is 15.9. The summed E-state index contributed by atoms with van der Waals surface area (Å²) in [4.78, 5) is 34.3. The number of thioether (sulfide) groups is 1. The Labute approximate surface area is 191 Å². The lowest BCUT2D eigenvalue weighted by Crippen LogP contribution is -2.41. The minimum Gasteiger partial charge on any atom is -0.287 e. The summed E-state index contributed by atoms with van der Waals surface area (Å²) >= 11 is 8.77. The lowest BCUT2D eigenvalue weighted by atomic mass is 10.1. The highest BCUT2D eigenvalue weighted by molar-refractivity contribution is 8.14. The number of thiazole rings is 1. The molecule has 0 saturated heterocycles. The van der Waals surface area contributed by atoms with Crippen LogP contribution in [0.4, 0.5) is 4.79 Å². The number of benzene rings is 1. The number of carbonyl (C=O) groups is 2. The lowest BCUT2D eigenvalue weighted by molar-refractivity contribution is 0.0965. The molecule has 1 aliphatic heterocycles. The van der Waals surface area contributed by atoms with Gasteiger partial charge in [0.25, 0.3) is 5.91 Å². The molecule has 4 rings (SSSR count). The first-order chi connectivity index (χ1) is 14.7. The van der Waals surface area contributed by atoms with Crippen molar-refractivity contribution in [2.24, 2.45) is 4.99 Å². The molecule has 1 aliphatic carbocycles. The Morgan fingerprint density at radius 3 is 2.77 bits per heavy atom. The number of aliphatic imine (C=N–C) groups is 1. The molecule has 0 saturated carbocycles. The van der Waals surface area contributed by atoms with Gasteiger partial charge in [0.15, 0.2) is 15.0 Å². The van der Waals surface area contributed by atoms with E-state index in [4.69, 9.17) is 11.6 Å². The number of amides is 3. The quantitative estimate of drug-likeness (QED) is 0.676. The maximum atomic E-state index is 12.6. The van der Waals surface area contributed by atoms with Gasteiger partial charge in [-0.15, -0.1) is 11.3 Å².